The molecule has 0 unspecified atom stereocenters. The second-order valence-corrected chi connectivity index (χ2v) is 6.74. The highest BCUT2D eigenvalue weighted by Crippen LogP contribution is 2.27. The molecular formula is C20H18N2O2S. The van der Waals surface area contributed by atoms with Crippen LogP contribution in [-0.4, -0.2) is 16.7 Å². The van der Waals surface area contributed by atoms with E-state index in [-0.39, 0.29) is 24.5 Å². The molecular weight excluding hydrogens is 332 g/mol. The molecule has 0 fully saturated rings. The molecule has 2 heterocycles. The van der Waals surface area contributed by atoms with Gasteiger partial charge in [-0.25, -0.2) is 0 Å². The Bertz CT molecular complexity index is 844. The summed E-state index contributed by atoms with van der Waals surface area (Å²) in [6.07, 6.45) is 3.52. The van der Waals surface area contributed by atoms with E-state index >= 15 is 0 Å². The van der Waals surface area contributed by atoms with Crippen molar-refractivity contribution in [1.29, 1.82) is 0 Å². The first-order valence-corrected chi connectivity index (χ1v) is 8.88. The van der Waals surface area contributed by atoms with E-state index in [2.05, 4.69) is 28.5 Å². The van der Waals surface area contributed by atoms with Gasteiger partial charge in [0.1, 0.15) is 0 Å². The molecule has 126 valence electrons. The Morgan fingerprint density at radius 2 is 1.80 bits per heavy atom. The fourth-order valence-corrected chi connectivity index (χ4v) is 3.36. The first-order valence-electron chi connectivity index (χ1n) is 8.06. The van der Waals surface area contributed by atoms with Gasteiger partial charge in [-0.2, -0.15) is 0 Å². The highest BCUT2D eigenvalue weighted by atomic mass is 32.1. The van der Waals surface area contributed by atoms with Crippen LogP contribution in [0.2, 0.25) is 0 Å². The quantitative estimate of drug-likeness (QED) is 0.653. The van der Waals surface area contributed by atoms with Crippen LogP contribution in [0, 0.1) is 0 Å². The number of nitrogens with one attached hydrogen (secondary N) is 1. The molecule has 0 aliphatic carbocycles. The Morgan fingerprint density at radius 1 is 0.960 bits per heavy atom. The van der Waals surface area contributed by atoms with Crippen LogP contribution in [0.15, 0.2) is 67.0 Å². The molecule has 3 rings (SSSR count). The Labute approximate surface area is 150 Å². The Balaban J connectivity index is 1.47. The van der Waals surface area contributed by atoms with Crippen molar-refractivity contribution in [2.75, 3.05) is 0 Å². The highest BCUT2D eigenvalue weighted by Gasteiger charge is 2.10. The van der Waals surface area contributed by atoms with Crippen molar-refractivity contribution < 1.29 is 9.59 Å². The van der Waals surface area contributed by atoms with Gasteiger partial charge >= 0.3 is 0 Å². The largest absolute Gasteiger partial charge is 0.351 e. The van der Waals surface area contributed by atoms with Crippen molar-refractivity contribution in [3.63, 3.8) is 0 Å². The third-order valence-electron chi connectivity index (χ3n) is 3.74. The van der Waals surface area contributed by atoms with Gasteiger partial charge in [0.05, 0.1) is 6.54 Å². The van der Waals surface area contributed by atoms with Crippen LogP contribution in [0.1, 0.15) is 28.1 Å². The van der Waals surface area contributed by atoms with Crippen molar-refractivity contribution in [2.24, 2.45) is 0 Å². The minimum absolute atomic E-state index is 0.0641. The molecule has 0 saturated heterocycles. The minimum Gasteiger partial charge on any atom is -0.351 e. The lowest BCUT2D eigenvalue weighted by molar-refractivity contribution is -0.121. The Kier molecular flexibility index (Phi) is 5.69. The van der Waals surface area contributed by atoms with E-state index in [0.717, 1.165) is 4.88 Å². The molecule has 0 spiro atoms. The van der Waals surface area contributed by atoms with Gasteiger partial charge in [0.15, 0.2) is 5.78 Å². The summed E-state index contributed by atoms with van der Waals surface area (Å²) in [5.74, 6) is -0.183. The molecule has 1 amide bonds. The fraction of sp³-hybridized carbons (Fsp3) is 0.150. The zero-order chi connectivity index (χ0) is 17.5. The Morgan fingerprint density at radius 3 is 2.56 bits per heavy atom. The summed E-state index contributed by atoms with van der Waals surface area (Å²) in [5.41, 5.74) is 1.72. The van der Waals surface area contributed by atoms with E-state index in [1.54, 1.807) is 29.7 Å². The maximum atomic E-state index is 12.0. The molecule has 0 aliphatic rings. The fourth-order valence-electron chi connectivity index (χ4n) is 2.40. The number of rotatable bonds is 7. The lowest BCUT2D eigenvalue weighted by Crippen LogP contribution is -2.22. The molecule has 0 atom stereocenters. The summed E-state index contributed by atoms with van der Waals surface area (Å²) in [7, 11) is 0. The summed E-state index contributed by atoms with van der Waals surface area (Å²) < 4.78 is 0. The molecule has 0 bridgehead atoms. The number of carbonyl (C=O) groups is 2. The zero-order valence-corrected chi connectivity index (χ0v) is 14.5. The van der Waals surface area contributed by atoms with E-state index in [0.29, 0.717) is 12.1 Å². The minimum atomic E-state index is -0.119. The second kappa shape index (κ2) is 8.35. The zero-order valence-electron chi connectivity index (χ0n) is 13.6. The van der Waals surface area contributed by atoms with Crippen molar-refractivity contribution in [3.05, 3.63) is 77.4 Å². The monoisotopic (exact) mass is 350 g/mol. The van der Waals surface area contributed by atoms with Crippen molar-refractivity contribution in [2.45, 2.75) is 19.4 Å². The number of nitrogens with zero attached hydrogens (tertiary/aromatic N) is 1. The summed E-state index contributed by atoms with van der Waals surface area (Å²) in [5, 5.41) is 2.87. The maximum Gasteiger partial charge on any atom is 0.220 e. The number of hydrogen-bond donors (Lipinski definition) is 1. The molecule has 3 aromatic rings. The van der Waals surface area contributed by atoms with E-state index in [1.165, 1.54) is 16.6 Å². The molecule has 1 aromatic carbocycles. The molecule has 0 saturated carbocycles. The molecule has 0 aliphatic heterocycles. The molecule has 0 radical (unpaired) electrons. The molecule has 4 nitrogen and oxygen atoms in total. The molecule has 5 heteroatoms. The Hall–Kier alpha value is -2.79. The number of benzene rings is 1. The van der Waals surface area contributed by atoms with Crippen LogP contribution >= 0.6 is 11.3 Å². The first kappa shape index (κ1) is 17.0. The van der Waals surface area contributed by atoms with Gasteiger partial charge in [-0.3, -0.25) is 14.6 Å². The van der Waals surface area contributed by atoms with Crippen LogP contribution in [0.5, 0.6) is 0 Å². The van der Waals surface area contributed by atoms with Crippen molar-refractivity contribution in [1.82, 2.24) is 10.3 Å². The van der Waals surface area contributed by atoms with Gasteiger partial charge in [0.25, 0.3) is 0 Å². The number of carbonyl (C=O) groups excluding carboxylic acids is 2. The predicted molar refractivity (Wildman–Crippen MR) is 99.4 cm³/mol. The van der Waals surface area contributed by atoms with Crippen molar-refractivity contribution in [3.8, 4) is 10.4 Å². The number of Topliss-reactive ketones (excluding diaryl/α,β-unsaturated/α-hetero) is 1. The molecule has 1 N–H and O–H groups in total. The number of amides is 1. The second-order valence-electron chi connectivity index (χ2n) is 5.57. The van der Waals surface area contributed by atoms with Crippen LogP contribution < -0.4 is 5.32 Å². The highest BCUT2D eigenvalue weighted by molar-refractivity contribution is 7.15. The van der Waals surface area contributed by atoms with Crippen LogP contribution in [0.25, 0.3) is 10.4 Å². The number of aromatic nitrogens is 1. The maximum absolute atomic E-state index is 12.0. The van der Waals surface area contributed by atoms with E-state index in [1.807, 2.05) is 24.3 Å². The SMILES string of the molecule is O=C(CCC(=O)c1cccnc1)NCc1ccc(-c2ccccc2)s1. The van der Waals surface area contributed by atoms with Gasteiger partial charge in [-0.15, -0.1) is 11.3 Å². The lowest BCUT2D eigenvalue weighted by Gasteiger charge is -2.03. The smallest absolute Gasteiger partial charge is 0.220 e. The summed E-state index contributed by atoms with van der Waals surface area (Å²) in [6.45, 7) is 0.484. The topological polar surface area (TPSA) is 59.1 Å². The van der Waals surface area contributed by atoms with Crippen LogP contribution in [-0.2, 0) is 11.3 Å². The standard InChI is InChI=1S/C20H18N2O2S/c23-18(16-7-4-12-21-13-16)9-11-20(24)22-14-17-8-10-19(25-17)15-5-2-1-3-6-15/h1-8,10,12-13H,9,11,14H2,(H,22,24). The van der Waals surface area contributed by atoms with E-state index in [4.69, 9.17) is 0 Å². The average Bonchev–Trinajstić information content (AvgIpc) is 3.15. The molecule has 2 aromatic heterocycles. The van der Waals surface area contributed by atoms with Gasteiger partial charge in [-0.1, -0.05) is 30.3 Å². The lowest BCUT2D eigenvalue weighted by atomic mass is 10.1. The molecule has 25 heavy (non-hydrogen) atoms. The summed E-state index contributed by atoms with van der Waals surface area (Å²) >= 11 is 1.66. The first-order chi connectivity index (χ1) is 12.2. The van der Waals surface area contributed by atoms with Gasteiger partial charge in [0, 0.05) is 40.6 Å². The summed E-state index contributed by atoms with van der Waals surface area (Å²) in [4.78, 5) is 30.1. The van der Waals surface area contributed by atoms with Crippen LogP contribution in [0.4, 0.5) is 0 Å². The van der Waals surface area contributed by atoms with Gasteiger partial charge in [-0.05, 0) is 29.8 Å². The third-order valence-corrected chi connectivity index (χ3v) is 4.88. The number of hydrogen-bond acceptors (Lipinski definition) is 4. The third kappa shape index (κ3) is 4.84. The number of thiophene rings is 1. The summed E-state index contributed by atoms with van der Waals surface area (Å²) in [6, 6.07) is 17.7. The predicted octanol–water partition coefficient (Wildman–Crippen LogP) is 4.09. The average molecular weight is 350 g/mol. The van der Waals surface area contributed by atoms with Gasteiger partial charge < -0.3 is 5.32 Å². The van der Waals surface area contributed by atoms with Crippen LogP contribution in [0.3, 0.4) is 0 Å². The van der Waals surface area contributed by atoms with E-state index in [9.17, 15) is 9.59 Å². The number of ketones is 1. The van der Waals surface area contributed by atoms with Crippen molar-refractivity contribution >= 4 is 23.0 Å². The van der Waals surface area contributed by atoms with E-state index < -0.39 is 0 Å². The number of pyridine rings is 1. The normalized spacial score (nSPS) is 10.4. The van der Waals surface area contributed by atoms with Gasteiger partial charge in [0.2, 0.25) is 5.91 Å².